The summed E-state index contributed by atoms with van der Waals surface area (Å²) in [5.74, 6) is -0.388. The first-order valence-electron chi connectivity index (χ1n) is 6.25. The fourth-order valence-electron chi connectivity index (χ4n) is 2.43. The molecule has 1 aliphatic rings. The zero-order valence-corrected chi connectivity index (χ0v) is 13.8. The average molecular weight is 387 g/mol. The highest BCUT2D eigenvalue weighted by atomic mass is 79.9. The number of phenolic OH excluding ortho intramolecular Hbond substituents is 1. The smallest absolute Gasteiger partial charge is 0.258 e. The largest absolute Gasteiger partial charge is 0.505 e. The standard InChI is InChI=1S/C15H10BrCl2NO2/c16-10-1-2-13-8(5-10)3-4-19(13)15(21)9-6-11(17)14(20)12(18)7-9/h1-2,5-7,20H,3-4H2. The first-order chi connectivity index (χ1) is 9.97. The Morgan fingerprint density at radius 2 is 1.86 bits per heavy atom. The number of aromatic hydroxyl groups is 1. The molecule has 0 spiro atoms. The summed E-state index contributed by atoms with van der Waals surface area (Å²) in [6.07, 6.45) is 0.806. The third-order valence-electron chi connectivity index (χ3n) is 3.45. The minimum Gasteiger partial charge on any atom is -0.505 e. The maximum Gasteiger partial charge on any atom is 0.258 e. The van der Waals surface area contributed by atoms with E-state index in [0.29, 0.717) is 12.1 Å². The number of hydrogen-bond donors (Lipinski definition) is 1. The van der Waals surface area contributed by atoms with E-state index < -0.39 is 0 Å². The van der Waals surface area contributed by atoms with Crippen molar-refractivity contribution in [3.8, 4) is 5.75 Å². The highest BCUT2D eigenvalue weighted by molar-refractivity contribution is 9.10. The zero-order valence-electron chi connectivity index (χ0n) is 10.7. The zero-order chi connectivity index (χ0) is 15.1. The molecular weight excluding hydrogens is 377 g/mol. The normalized spacial score (nSPS) is 13.4. The second-order valence-electron chi connectivity index (χ2n) is 4.77. The number of carbonyl (C=O) groups is 1. The predicted octanol–water partition coefficient (Wildman–Crippen LogP) is 4.66. The number of phenols is 1. The van der Waals surface area contributed by atoms with E-state index in [1.54, 1.807) is 4.90 Å². The SMILES string of the molecule is O=C(c1cc(Cl)c(O)c(Cl)c1)N1CCc2cc(Br)ccc21. The van der Waals surface area contributed by atoms with Crippen molar-refractivity contribution in [1.82, 2.24) is 0 Å². The van der Waals surface area contributed by atoms with Gasteiger partial charge in [0, 0.05) is 22.3 Å². The van der Waals surface area contributed by atoms with Crippen LogP contribution in [0, 0.1) is 0 Å². The molecule has 1 heterocycles. The molecule has 1 amide bonds. The summed E-state index contributed by atoms with van der Waals surface area (Å²) >= 11 is 15.2. The Labute approximate surface area is 140 Å². The molecule has 0 atom stereocenters. The van der Waals surface area contributed by atoms with E-state index in [1.807, 2.05) is 18.2 Å². The Kier molecular flexibility index (Phi) is 3.86. The van der Waals surface area contributed by atoms with E-state index >= 15 is 0 Å². The Morgan fingerprint density at radius 1 is 1.19 bits per heavy atom. The molecule has 0 aliphatic carbocycles. The molecule has 6 heteroatoms. The van der Waals surface area contributed by atoms with Crippen LogP contribution in [0.3, 0.4) is 0 Å². The van der Waals surface area contributed by atoms with Crippen LogP contribution in [0.4, 0.5) is 5.69 Å². The van der Waals surface area contributed by atoms with Gasteiger partial charge in [-0.1, -0.05) is 39.1 Å². The molecule has 2 aromatic carbocycles. The fourth-order valence-corrected chi connectivity index (χ4v) is 3.32. The van der Waals surface area contributed by atoms with Crippen molar-refractivity contribution < 1.29 is 9.90 Å². The Balaban J connectivity index is 1.98. The first-order valence-corrected chi connectivity index (χ1v) is 7.80. The summed E-state index contributed by atoms with van der Waals surface area (Å²) in [4.78, 5) is 14.3. The molecule has 0 radical (unpaired) electrons. The summed E-state index contributed by atoms with van der Waals surface area (Å²) in [5.41, 5.74) is 2.37. The van der Waals surface area contributed by atoms with E-state index in [9.17, 15) is 9.90 Å². The fraction of sp³-hybridized carbons (Fsp3) is 0.133. The van der Waals surface area contributed by atoms with Crippen LogP contribution in [0.25, 0.3) is 0 Å². The molecule has 21 heavy (non-hydrogen) atoms. The van der Waals surface area contributed by atoms with Gasteiger partial charge >= 0.3 is 0 Å². The van der Waals surface area contributed by atoms with Crippen molar-refractivity contribution in [2.24, 2.45) is 0 Å². The first kappa shape index (κ1) is 14.7. The predicted molar refractivity (Wildman–Crippen MR) is 87.6 cm³/mol. The lowest BCUT2D eigenvalue weighted by Gasteiger charge is -2.18. The van der Waals surface area contributed by atoms with Crippen molar-refractivity contribution in [3.05, 3.63) is 56.0 Å². The molecule has 2 aromatic rings. The number of carbonyl (C=O) groups excluding carboxylic acids is 1. The van der Waals surface area contributed by atoms with Gasteiger partial charge in [0.25, 0.3) is 5.91 Å². The Hall–Kier alpha value is -1.23. The highest BCUT2D eigenvalue weighted by Gasteiger charge is 2.26. The summed E-state index contributed by atoms with van der Waals surface area (Å²) in [7, 11) is 0. The molecule has 108 valence electrons. The lowest BCUT2D eigenvalue weighted by molar-refractivity contribution is 0.0989. The number of fused-ring (bicyclic) bond motifs is 1. The maximum absolute atomic E-state index is 12.6. The Bertz CT molecular complexity index is 725. The third kappa shape index (κ3) is 2.63. The lowest BCUT2D eigenvalue weighted by Crippen LogP contribution is -2.28. The average Bonchev–Trinajstić information content (AvgIpc) is 2.86. The number of rotatable bonds is 1. The van der Waals surface area contributed by atoms with Gasteiger partial charge in [0.05, 0.1) is 10.0 Å². The van der Waals surface area contributed by atoms with Crippen molar-refractivity contribution in [3.63, 3.8) is 0 Å². The number of benzene rings is 2. The lowest BCUT2D eigenvalue weighted by atomic mass is 10.1. The molecule has 3 nitrogen and oxygen atoms in total. The number of hydrogen-bond acceptors (Lipinski definition) is 2. The van der Waals surface area contributed by atoms with Gasteiger partial charge in [-0.2, -0.15) is 0 Å². The van der Waals surface area contributed by atoms with Crippen LogP contribution in [-0.2, 0) is 6.42 Å². The van der Waals surface area contributed by atoms with Crippen LogP contribution in [0.15, 0.2) is 34.8 Å². The van der Waals surface area contributed by atoms with Crippen molar-refractivity contribution in [2.45, 2.75) is 6.42 Å². The number of halogens is 3. The molecular formula is C15H10BrCl2NO2. The van der Waals surface area contributed by atoms with E-state index in [2.05, 4.69) is 15.9 Å². The molecule has 0 saturated heterocycles. The third-order valence-corrected chi connectivity index (χ3v) is 4.52. The van der Waals surface area contributed by atoms with E-state index in [4.69, 9.17) is 23.2 Å². The van der Waals surface area contributed by atoms with Gasteiger partial charge in [0.2, 0.25) is 0 Å². The van der Waals surface area contributed by atoms with Gasteiger partial charge in [-0.3, -0.25) is 4.79 Å². The van der Waals surface area contributed by atoms with Crippen LogP contribution in [0.5, 0.6) is 5.75 Å². The molecule has 1 aliphatic heterocycles. The van der Waals surface area contributed by atoms with Crippen LogP contribution < -0.4 is 4.90 Å². The Morgan fingerprint density at radius 3 is 2.52 bits per heavy atom. The van der Waals surface area contributed by atoms with Gasteiger partial charge in [0.1, 0.15) is 0 Å². The van der Waals surface area contributed by atoms with E-state index in [-0.39, 0.29) is 21.7 Å². The number of anilines is 1. The summed E-state index contributed by atoms with van der Waals surface area (Å²) in [6, 6.07) is 8.69. The van der Waals surface area contributed by atoms with Crippen LogP contribution >= 0.6 is 39.1 Å². The number of amides is 1. The van der Waals surface area contributed by atoms with Crippen LogP contribution in [-0.4, -0.2) is 17.6 Å². The quantitative estimate of drug-likeness (QED) is 0.773. The molecule has 1 N–H and O–H groups in total. The summed E-state index contributed by atoms with van der Waals surface area (Å²) in [5, 5.41) is 9.71. The maximum atomic E-state index is 12.6. The molecule has 0 fully saturated rings. The van der Waals surface area contributed by atoms with Crippen molar-refractivity contribution in [2.75, 3.05) is 11.4 Å². The van der Waals surface area contributed by atoms with E-state index in [1.165, 1.54) is 12.1 Å². The topological polar surface area (TPSA) is 40.5 Å². The number of nitrogens with zero attached hydrogens (tertiary/aromatic N) is 1. The molecule has 0 aromatic heterocycles. The van der Waals surface area contributed by atoms with Crippen molar-refractivity contribution >= 4 is 50.7 Å². The van der Waals surface area contributed by atoms with Gasteiger partial charge < -0.3 is 10.0 Å². The van der Waals surface area contributed by atoms with Gasteiger partial charge in [-0.15, -0.1) is 0 Å². The molecule has 0 unspecified atom stereocenters. The monoisotopic (exact) mass is 385 g/mol. The second kappa shape index (κ2) is 5.52. The minimum atomic E-state index is -0.208. The molecule has 0 saturated carbocycles. The highest BCUT2D eigenvalue weighted by Crippen LogP contribution is 2.35. The minimum absolute atomic E-state index is 0.0704. The summed E-state index contributed by atoms with van der Waals surface area (Å²) in [6.45, 7) is 0.612. The van der Waals surface area contributed by atoms with Gasteiger partial charge in [0.15, 0.2) is 5.75 Å². The van der Waals surface area contributed by atoms with Gasteiger partial charge in [-0.25, -0.2) is 0 Å². The van der Waals surface area contributed by atoms with Crippen LogP contribution in [0.1, 0.15) is 15.9 Å². The second-order valence-corrected chi connectivity index (χ2v) is 6.50. The molecule has 0 bridgehead atoms. The van der Waals surface area contributed by atoms with E-state index in [0.717, 1.165) is 22.1 Å². The van der Waals surface area contributed by atoms with Crippen LogP contribution in [0.2, 0.25) is 10.0 Å². The van der Waals surface area contributed by atoms with Crippen molar-refractivity contribution in [1.29, 1.82) is 0 Å². The summed E-state index contributed by atoms with van der Waals surface area (Å²) < 4.78 is 0.992. The molecule has 3 rings (SSSR count). The van der Waals surface area contributed by atoms with Gasteiger partial charge in [-0.05, 0) is 42.3 Å².